The molecular weight excluding hydrogens is 146 g/mol. The molecule has 0 aromatic carbocycles. The third-order valence-corrected chi connectivity index (χ3v) is 1.52. The van der Waals surface area contributed by atoms with Crippen LogP contribution in [0.1, 0.15) is 13.8 Å². The molecule has 11 heavy (non-hydrogen) atoms. The minimum absolute atomic E-state index is 0.123. The summed E-state index contributed by atoms with van der Waals surface area (Å²) in [6, 6.07) is 0. The Bertz CT molecular complexity index is 136. The molecule has 66 valence electrons. The van der Waals surface area contributed by atoms with Crippen molar-refractivity contribution in [3.8, 4) is 0 Å². The first-order valence-electron chi connectivity index (χ1n) is 3.58. The Labute approximate surface area is 66.2 Å². The molecule has 0 aliphatic rings. The monoisotopic (exact) mass is 161 g/mol. The third kappa shape index (κ3) is 2.86. The lowest BCUT2D eigenvalue weighted by molar-refractivity contribution is -0.136. The maximum Gasteiger partial charge on any atom is 0.251 e. The Morgan fingerprint density at radius 1 is 1.36 bits per heavy atom. The summed E-state index contributed by atoms with van der Waals surface area (Å²) in [7, 11) is 1.42. The molecule has 4 heteroatoms. The van der Waals surface area contributed by atoms with Crippen LogP contribution in [0.25, 0.3) is 0 Å². The van der Waals surface area contributed by atoms with Gasteiger partial charge in [0.15, 0.2) is 6.10 Å². The number of hydrogen-bond donors (Lipinski definition) is 3. The number of amides is 1. The summed E-state index contributed by atoms with van der Waals surface area (Å²) in [5, 5.41) is 20.5. The third-order valence-electron chi connectivity index (χ3n) is 1.52. The minimum atomic E-state index is -1.32. The van der Waals surface area contributed by atoms with Crippen LogP contribution in [0.4, 0.5) is 0 Å². The number of aliphatic hydroxyl groups is 2. The fourth-order valence-corrected chi connectivity index (χ4v) is 0.668. The van der Waals surface area contributed by atoms with E-state index in [1.165, 1.54) is 7.05 Å². The summed E-state index contributed by atoms with van der Waals surface area (Å²) < 4.78 is 0. The second-order valence-electron chi connectivity index (χ2n) is 2.79. The number of carbonyl (C=O) groups is 1. The fraction of sp³-hybridized carbons (Fsp3) is 0.857. The number of rotatable bonds is 3. The van der Waals surface area contributed by atoms with Gasteiger partial charge in [-0.15, -0.1) is 0 Å². The molecule has 0 unspecified atom stereocenters. The normalized spacial score (nSPS) is 16.2. The van der Waals surface area contributed by atoms with Gasteiger partial charge >= 0.3 is 0 Å². The van der Waals surface area contributed by atoms with Gasteiger partial charge in [-0.3, -0.25) is 4.79 Å². The van der Waals surface area contributed by atoms with E-state index in [9.17, 15) is 9.90 Å². The van der Waals surface area contributed by atoms with E-state index in [1.807, 2.05) is 0 Å². The summed E-state index contributed by atoms with van der Waals surface area (Å²) in [6.07, 6.45) is -2.31. The molecule has 0 heterocycles. The van der Waals surface area contributed by atoms with Crippen molar-refractivity contribution in [2.45, 2.75) is 26.1 Å². The topological polar surface area (TPSA) is 69.6 Å². The molecule has 4 nitrogen and oxygen atoms in total. The molecule has 0 radical (unpaired) electrons. The molecule has 1 amide bonds. The van der Waals surface area contributed by atoms with E-state index in [-0.39, 0.29) is 5.92 Å². The van der Waals surface area contributed by atoms with Crippen LogP contribution in [0.2, 0.25) is 0 Å². The van der Waals surface area contributed by atoms with E-state index in [0.29, 0.717) is 0 Å². The molecule has 0 spiro atoms. The number of nitrogens with one attached hydrogen (secondary N) is 1. The predicted octanol–water partition coefficient (Wildman–Crippen LogP) is -0.890. The molecule has 0 saturated heterocycles. The molecule has 0 rings (SSSR count). The van der Waals surface area contributed by atoms with E-state index in [0.717, 1.165) is 0 Å². The zero-order valence-corrected chi connectivity index (χ0v) is 7.03. The summed E-state index contributed by atoms with van der Waals surface area (Å²) in [6.45, 7) is 3.47. The highest BCUT2D eigenvalue weighted by molar-refractivity contribution is 5.80. The van der Waals surface area contributed by atoms with E-state index < -0.39 is 18.1 Å². The maximum atomic E-state index is 10.7. The Kier molecular flexibility index (Phi) is 4.07. The molecular formula is C7H15NO3. The van der Waals surface area contributed by atoms with Gasteiger partial charge in [0.1, 0.15) is 0 Å². The first kappa shape index (κ1) is 10.4. The molecule has 0 aromatic rings. The van der Waals surface area contributed by atoms with Crippen molar-refractivity contribution in [1.29, 1.82) is 0 Å². The minimum Gasteiger partial charge on any atom is -0.390 e. The lowest BCUT2D eigenvalue weighted by Crippen LogP contribution is -2.42. The van der Waals surface area contributed by atoms with Gasteiger partial charge in [0.25, 0.3) is 5.91 Å². The molecule has 0 aromatic heterocycles. The quantitative estimate of drug-likeness (QED) is 0.503. The maximum absolute atomic E-state index is 10.7. The molecule has 0 aliphatic heterocycles. The Morgan fingerprint density at radius 2 is 1.82 bits per heavy atom. The molecule has 0 saturated carbocycles. The number of aliphatic hydroxyl groups excluding tert-OH is 2. The van der Waals surface area contributed by atoms with E-state index >= 15 is 0 Å². The number of hydrogen-bond acceptors (Lipinski definition) is 3. The van der Waals surface area contributed by atoms with Gasteiger partial charge in [0.2, 0.25) is 0 Å². The number of carbonyl (C=O) groups excluding carboxylic acids is 1. The number of likely N-dealkylation sites (N-methyl/N-ethyl adjacent to an activating group) is 1. The van der Waals surface area contributed by atoms with Crippen molar-refractivity contribution >= 4 is 5.91 Å². The molecule has 0 fully saturated rings. The first-order chi connectivity index (χ1) is 5.00. The lowest BCUT2D eigenvalue weighted by atomic mass is 10.0. The smallest absolute Gasteiger partial charge is 0.251 e. The van der Waals surface area contributed by atoms with E-state index in [1.54, 1.807) is 13.8 Å². The summed E-state index contributed by atoms with van der Waals surface area (Å²) >= 11 is 0. The average Bonchev–Trinajstić information content (AvgIpc) is 2.00. The van der Waals surface area contributed by atoms with Gasteiger partial charge in [0.05, 0.1) is 6.10 Å². The van der Waals surface area contributed by atoms with Crippen LogP contribution in [0.3, 0.4) is 0 Å². The fourth-order valence-electron chi connectivity index (χ4n) is 0.668. The van der Waals surface area contributed by atoms with Gasteiger partial charge in [-0.25, -0.2) is 0 Å². The summed E-state index contributed by atoms with van der Waals surface area (Å²) in [5.74, 6) is -0.673. The van der Waals surface area contributed by atoms with Crippen LogP contribution in [-0.4, -0.2) is 35.4 Å². The van der Waals surface area contributed by atoms with Crippen LogP contribution in [-0.2, 0) is 4.79 Å². The van der Waals surface area contributed by atoms with Crippen LogP contribution in [0.5, 0.6) is 0 Å². The van der Waals surface area contributed by atoms with Crippen molar-refractivity contribution in [3.05, 3.63) is 0 Å². The van der Waals surface area contributed by atoms with Gasteiger partial charge in [-0.1, -0.05) is 13.8 Å². The summed E-state index contributed by atoms with van der Waals surface area (Å²) in [5.41, 5.74) is 0. The van der Waals surface area contributed by atoms with Crippen molar-refractivity contribution in [3.63, 3.8) is 0 Å². The van der Waals surface area contributed by atoms with Crippen molar-refractivity contribution < 1.29 is 15.0 Å². The second-order valence-corrected chi connectivity index (χ2v) is 2.79. The van der Waals surface area contributed by atoms with Crippen LogP contribution in [0, 0.1) is 5.92 Å². The van der Waals surface area contributed by atoms with Crippen molar-refractivity contribution in [1.82, 2.24) is 5.32 Å². The largest absolute Gasteiger partial charge is 0.390 e. The van der Waals surface area contributed by atoms with E-state index in [4.69, 9.17) is 5.11 Å². The van der Waals surface area contributed by atoms with Crippen molar-refractivity contribution in [2.24, 2.45) is 5.92 Å². The highest BCUT2D eigenvalue weighted by Crippen LogP contribution is 2.05. The lowest BCUT2D eigenvalue weighted by Gasteiger charge is -2.19. The average molecular weight is 161 g/mol. The molecule has 0 aliphatic carbocycles. The van der Waals surface area contributed by atoms with Crippen LogP contribution < -0.4 is 5.32 Å². The second kappa shape index (κ2) is 4.31. The van der Waals surface area contributed by atoms with Gasteiger partial charge < -0.3 is 15.5 Å². The zero-order chi connectivity index (χ0) is 9.02. The van der Waals surface area contributed by atoms with Crippen LogP contribution >= 0.6 is 0 Å². The Hall–Kier alpha value is -0.610. The molecule has 3 N–H and O–H groups in total. The highest BCUT2D eigenvalue weighted by Gasteiger charge is 2.25. The molecule has 2 atom stereocenters. The predicted molar refractivity (Wildman–Crippen MR) is 40.9 cm³/mol. The van der Waals surface area contributed by atoms with E-state index in [2.05, 4.69) is 5.32 Å². The van der Waals surface area contributed by atoms with Gasteiger partial charge in [-0.2, -0.15) is 0 Å². The SMILES string of the molecule is CNC(=O)[C@H](O)[C@H](O)C(C)C. The van der Waals surface area contributed by atoms with Crippen LogP contribution in [0.15, 0.2) is 0 Å². The van der Waals surface area contributed by atoms with Crippen molar-refractivity contribution in [2.75, 3.05) is 7.05 Å². The van der Waals surface area contributed by atoms with Gasteiger partial charge in [-0.05, 0) is 5.92 Å². The zero-order valence-electron chi connectivity index (χ0n) is 7.03. The highest BCUT2D eigenvalue weighted by atomic mass is 16.3. The standard InChI is InChI=1S/C7H15NO3/c1-4(2)5(9)6(10)7(11)8-3/h4-6,9-10H,1-3H3,(H,8,11)/t5-,6-/m1/s1. The summed E-state index contributed by atoms with van der Waals surface area (Å²) in [4.78, 5) is 10.7. The first-order valence-corrected chi connectivity index (χ1v) is 3.58. The van der Waals surface area contributed by atoms with Gasteiger partial charge in [0, 0.05) is 7.05 Å². The molecule has 0 bridgehead atoms. The Morgan fingerprint density at radius 3 is 2.09 bits per heavy atom. The Balaban J connectivity index is 4.01.